The van der Waals surface area contributed by atoms with E-state index < -0.39 is 6.61 Å². The van der Waals surface area contributed by atoms with Gasteiger partial charge in [0.25, 0.3) is 0 Å². The highest BCUT2D eigenvalue weighted by Gasteiger charge is 2.20. The highest BCUT2D eigenvalue weighted by atomic mass is 19.3. The summed E-state index contributed by atoms with van der Waals surface area (Å²) in [6.07, 6.45) is 3.20. The third kappa shape index (κ3) is 6.02. The van der Waals surface area contributed by atoms with Gasteiger partial charge in [-0.3, -0.25) is 0 Å². The Morgan fingerprint density at radius 3 is 2.83 bits per heavy atom. The predicted octanol–water partition coefficient (Wildman–Crippen LogP) is 2.64. The molecule has 0 aliphatic heterocycles. The molecule has 0 bridgehead atoms. The molecular formula is C16H22F2N2O3. The van der Waals surface area contributed by atoms with Crippen molar-refractivity contribution in [1.29, 1.82) is 0 Å². The lowest BCUT2D eigenvalue weighted by Crippen LogP contribution is -2.39. The number of alkyl halides is 2. The van der Waals surface area contributed by atoms with E-state index in [-0.39, 0.29) is 30.3 Å². The first-order chi connectivity index (χ1) is 11.0. The number of amides is 2. The zero-order chi connectivity index (χ0) is 16.7. The molecule has 2 amide bonds. The Kier molecular flexibility index (Phi) is 6.58. The number of urea groups is 1. The van der Waals surface area contributed by atoms with Crippen LogP contribution in [0.4, 0.5) is 13.6 Å². The summed E-state index contributed by atoms with van der Waals surface area (Å²) in [4.78, 5) is 11.8. The van der Waals surface area contributed by atoms with Crippen molar-refractivity contribution in [3.63, 3.8) is 0 Å². The lowest BCUT2D eigenvalue weighted by Gasteiger charge is -2.25. The molecule has 2 rings (SSSR count). The fourth-order valence-electron chi connectivity index (χ4n) is 2.78. The smallest absolute Gasteiger partial charge is 0.387 e. The number of carbonyl (C=O) groups excluding carboxylic acids is 1. The first kappa shape index (κ1) is 17.5. The minimum Gasteiger partial charge on any atom is -0.434 e. The van der Waals surface area contributed by atoms with Crippen LogP contribution in [0.25, 0.3) is 0 Å². The van der Waals surface area contributed by atoms with Crippen LogP contribution in [0.3, 0.4) is 0 Å². The van der Waals surface area contributed by atoms with E-state index in [1.54, 1.807) is 18.2 Å². The van der Waals surface area contributed by atoms with Crippen molar-refractivity contribution >= 4 is 6.03 Å². The normalized spacial score (nSPS) is 21.0. The van der Waals surface area contributed by atoms with Crippen molar-refractivity contribution in [2.24, 2.45) is 5.92 Å². The van der Waals surface area contributed by atoms with E-state index in [1.807, 2.05) is 0 Å². The Morgan fingerprint density at radius 2 is 2.09 bits per heavy atom. The number of aliphatic hydroxyl groups is 1. The van der Waals surface area contributed by atoms with Gasteiger partial charge in [-0.25, -0.2) is 4.79 Å². The molecule has 2 unspecified atom stereocenters. The van der Waals surface area contributed by atoms with Crippen molar-refractivity contribution in [3.8, 4) is 5.75 Å². The Hall–Kier alpha value is -1.89. The zero-order valence-corrected chi connectivity index (χ0v) is 12.8. The highest BCUT2D eigenvalue weighted by Crippen LogP contribution is 2.23. The largest absolute Gasteiger partial charge is 0.434 e. The van der Waals surface area contributed by atoms with Gasteiger partial charge in [-0.1, -0.05) is 24.6 Å². The van der Waals surface area contributed by atoms with Crippen LogP contribution in [0.15, 0.2) is 24.3 Å². The molecule has 1 aliphatic rings. The number of para-hydroxylation sites is 1. The summed E-state index contributed by atoms with van der Waals surface area (Å²) in [5.41, 5.74) is 0.482. The van der Waals surface area contributed by atoms with Gasteiger partial charge in [-0.15, -0.1) is 0 Å². The topological polar surface area (TPSA) is 70.6 Å². The molecule has 0 heterocycles. The minimum absolute atomic E-state index is 0.0539. The van der Waals surface area contributed by atoms with Crippen molar-refractivity contribution in [2.75, 3.05) is 6.54 Å². The fraction of sp³-hybridized carbons (Fsp3) is 0.562. The second-order valence-electron chi connectivity index (χ2n) is 5.74. The highest BCUT2D eigenvalue weighted by molar-refractivity contribution is 5.73. The number of nitrogens with one attached hydrogen (secondary N) is 2. The van der Waals surface area contributed by atoms with Gasteiger partial charge in [0.05, 0.1) is 6.10 Å². The monoisotopic (exact) mass is 328 g/mol. The van der Waals surface area contributed by atoms with E-state index >= 15 is 0 Å². The summed E-state index contributed by atoms with van der Waals surface area (Å²) in [7, 11) is 0. The molecule has 1 aromatic carbocycles. The number of halogens is 2. The van der Waals surface area contributed by atoms with Gasteiger partial charge in [0.2, 0.25) is 0 Å². The molecule has 7 heteroatoms. The van der Waals surface area contributed by atoms with E-state index in [0.29, 0.717) is 18.5 Å². The second kappa shape index (κ2) is 8.67. The van der Waals surface area contributed by atoms with Crippen molar-refractivity contribution in [1.82, 2.24) is 10.6 Å². The third-order valence-corrected chi connectivity index (χ3v) is 3.93. The minimum atomic E-state index is -2.90. The molecule has 128 valence electrons. The van der Waals surface area contributed by atoms with E-state index in [2.05, 4.69) is 15.4 Å². The molecule has 1 aromatic rings. The molecule has 1 saturated carbocycles. The van der Waals surface area contributed by atoms with Crippen LogP contribution in [-0.2, 0) is 6.54 Å². The maximum Gasteiger partial charge on any atom is 0.387 e. The average molecular weight is 328 g/mol. The first-order valence-electron chi connectivity index (χ1n) is 7.77. The molecule has 2 atom stereocenters. The number of rotatable bonds is 6. The van der Waals surface area contributed by atoms with Crippen LogP contribution >= 0.6 is 0 Å². The van der Waals surface area contributed by atoms with Gasteiger partial charge in [0.15, 0.2) is 0 Å². The second-order valence-corrected chi connectivity index (χ2v) is 5.74. The van der Waals surface area contributed by atoms with Gasteiger partial charge < -0.3 is 20.5 Å². The number of benzene rings is 1. The molecule has 5 nitrogen and oxygen atoms in total. The molecule has 1 fully saturated rings. The Labute approximate surface area is 134 Å². The average Bonchev–Trinajstić information content (AvgIpc) is 2.51. The summed E-state index contributed by atoms with van der Waals surface area (Å²) in [5, 5.41) is 15.0. The van der Waals surface area contributed by atoms with Gasteiger partial charge in [0, 0.05) is 18.7 Å². The van der Waals surface area contributed by atoms with Crippen molar-refractivity contribution in [2.45, 2.75) is 44.9 Å². The molecule has 0 aromatic heterocycles. The Morgan fingerprint density at radius 1 is 1.30 bits per heavy atom. The van der Waals surface area contributed by atoms with E-state index in [0.717, 1.165) is 19.3 Å². The SMILES string of the molecule is O=C(NCc1ccccc1OC(F)F)NCC1CCCC(O)C1. The third-order valence-electron chi connectivity index (χ3n) is 3.93. The molecule has 0 saturated heterocycles. The summed E-state index contributed by atoms with van der Waals surface area (Å²) in [6, 6.07) is 5.98. The number of ether oxygens (including phenoxy) is 1. The van der Waals surface area contributed by atoms with Gasteiger partial charge >= 0.3 is 12.6 Å². The molecule has 1 aliphatic carbocycles. The van der Waals surface area contributed by atoms with Gasteiger partial charge in [0.1, 0.15) is 5.75 Å². The number of carbonyl (C=O) groups is 1. The lowest BCUT2D eigenvalue weighted by molar-refractivity contribution is -0.0504. The van der Waals surface area contributed by atoms with Crippen LogP contribution < -0.4 is 15.4 Å². The Bertz CT molecular complexity index is 514. The van der Waals surface area contributed by atoms with Crippen LogP contribution in [-0.4, -0.2) is 30.4 Å². The quantitative estimate of drug-likeness (QED) is 0.752. The first-order valence-corrected chi connectivity index (χ1v) is 7.77. The standard InChI is InChI=1S/C16H22F2N2O3/c17-15(18)23-14-7-2-1-5-12(14)10-20-16(22)19-9-11-4-3-6-13(21)8-11/h1-2,5,7,11,13,15,21H,3-4,6,8-10H2,(H2,19,20,22). The van der Waals surface area contributed by atoms with Crippen LogP contribution in [0.2, 0.25) is 0 Å². The van der Waals surface area contributed by atoms with Crippen LogP contribution in [0.1, 0.15) is 31.2 Å². The summed E-state index contributed by atoms with van der Waals surface area (Å²) in [6.45, 7) is -2.30. The van der Waals surface area contributed by atoms with Gasteiger partial charge in [-0.2, -0.15) is 8.78 Å². The number of hydrogen-bond donors (Lipinski definition) is 3. The van der Waals surface area contributed by atoms with Crippen molar-refractivity contribution in [3.05, 3.63) is 29.8 Å². The maximum atomic E-state index is 12.3. The van der Waals surface area contributed by atoms with Crippen molar-refractivity contribution < 1.29 is 23.4 Å². The molecule has 0 radical (unpaired) electrons. The maximum absolute atomic E-state index is 12.3. The van der Waals surface area contributed by atoms with Crippen LogP contribution in [0.5, 0.6) is 5.75 Å². The summed E-state index contributed by atoms with van der Waals surface area (Å²) < 4.78 is 29.0. The number of aliphatic hydroxyl groups excluding tert-OH is 1. The Balaban J connectivity index is 1.76. The number of hydrogen-bond acceptors (Lipinski definition) is 3. The van der Waals surface area contributed by atoms with E-state index in [4.69, 9.17) is 0 Å². The van der Waals surface area contributed by atoms with E-state index in [9.17, 15) is 18.7 Å². The molecule has 0 spiro atoms. The molecule has 3 N–H and O–H groups in total. The fourth-order valence-corrected chi connectivity index (χ4v) is 2.78. The van der Waals surface area contributed by atoms with E-state index in [1.165, 1.54) is 6.07 Å². The van der Waals surface area contributed by atoms with Crippen LogP contribution in [0, 0.1) is 5.92 Å². The zero-order valence-electron chi connectivity index (χ0n) is 12.8. The summed E-state index contributed by atoms with van der Waals surface area (Å²) >= 11 is 0. The molecule has 23 heavy (non-hydrogen) atoms. The van der Waals surface area contributed by atoms with Gasteiger partial charge in [-0.05, 0) is 31.2 Å². The predicted molar refractivity (Wildman–Crippen MR) is 81.3 cm³/mol. The summed E-state index contributed by atoms with van der Waals surface area (Å²) in [5.74, 6) is 0.331. The lowest BCUT2D eigenvalue weighted by atomic mass is 9.87. The molecular weight excluding hydrogens is 306 g/mol.